The number of rotatable bonds is 10. The van der Waals surface area contributed by atoms with Crippen molar-refractivity contribution in [1.29, 1.82) is 0 Å². The summed E-state index contributed by atoms with van der Waals surface area (Å²) in [6.07, 6.45) is 5.04. The molecule has 1 aliphatic carbocycles. The van der Waals surface area contributed by atoms with Crippen LogP contribution < -0.4 is 15.1 Å². The van der Waals surface area contributed by atoms with Gasteiger partial charge in [0, 0.05) is 29.4 Å². The van der Waals surface area contributed by atoms with Gasteiger partial charge in [-0.15, -0.1) is 4.28 Å². The fraction of sp³-hybridized carbons (Fsp3) is 0.281. The summed E-state index contributed by atoms with van der Waals surface area (Å²) in [5, 5.41) is 4.53. The van der Waals surface area contributed by atoms with Gasteiger partial charge in [0.1, 0.15) is 24.8 Å². The Balaban J connectivity index is 1.13. The molecule has 45 heavy (non-hydrogen) atoms. The molecule has 2 unspecified atom stereocenters. The fourth-order valence-electron chi connectivity index (χ4n) is 5.60. The minimum absolute atomic E-state index is 0.0226. The first-order valence-corrected chi connectivity index (χ1v) is 16.1. The SMILES string of the molecule is Cc1c(F)cccc1OCCOC(=O)N1CC2CC2c2c(-c3cnn(Cc4cccc(C(=O)NOS(C)(=O)=O)c4)c3)cccc21. The van der Waals surface area contributed by atoms with Gasteiger partial charge in [-0.1, -0.05) is 30.3 Å². The van der Waals surface area contributed by atoms with Crippen molar-refractivity contribution in [3.8, 4) is 16.9 Å². The first kappa shape index (κ1) is 30.3. The number of carbonyl (C=O) groups excluding carboxylic acids is 2. The second-order valence-electron chi connectivity index (χ2n) is 11.1. The summed E-state index contributed by atoms with van der Waals surface area (Å²) in [7, 11) is -3.83. The number of fused-ring (bicyclic) bond motifs is 3. The highest BCUT2D eigenvalue weighted by atomic mass is 32.2. The predicted molar refractivity (Wildman–Crippen MR) is 163 cm³/mol. The molecule has 2 aliphatic rings. The highest BCUT2D eigenvalue weighted by molar-refractivity contribution is 7.85. The summed E-state index contributed by atoms with van der Waals surface area (Å²) in [6.45, 7) is 2.70. The molecule has 1 aromatic heterocycles. The lowest BCUT2D eigenvalue weighted by molar-refractivity contribution is 0.0772. The van der Waals surface area contributed by atoms with Gasteiger partial charge in [-0.05, 0) is 72.2 Å². The van der Waals surface area contributed by atoms with Gasteiger partial charge in [0.2, 0.25) is 0 Å². The molecule has 2 heterocycles. The lowest BCUT2D eigenvalue weighted by atomic mass is 9.93. The molecule has 11 nitrogen and oxygen atoms in total. The van der Waals surface area contributed by atoms with Crippen LogP contribution in [-0.2, 0) is 25.7 Å². The van der Waals surface area contributed by atoms with Crippen molar-refractivity contribution in [1.82, 2.24) is 15.3 Å². The number of ether oxygens (including phenoxy) is 2. The quantitative estimate of drug-likeness (QED) is 0.195. The minimum atomic E-state index is -3.83. The molecule has 0 saturated heterocycles. The number of nitrogens with zero attached hydrogens (tertiary/aromatic N) is 3. The molecule has 2 amide bonds. The van der Waals surface area contributed by atoms with Crippen molar-refractivity contribution in [3.63, 3.8) is 0 Å². The highest BCUT2D eigenvalue weighted by Gasteiger charge is 2.48. The zero-order valence-corrected chi connectivity index (χ0v) is 25.4. The Labute approximate surface area is 259 Å². The van der Waals surface area contributed by atoms with Crippen molar-refractivity contribution >= 4 is 27.8 Å². The number of anilines is 1. The molecule has 2 atom stereocenters. The average Bonchev–Trinajstić information content (AvgIpc) is 3.67. The van der Waals surface area contributed by atoms with E-state index in [9.17, 15) is 22.4 Å². The lowest BCUT2D eigenvalue weighted by Crippen LogP contribution is -2.37. The van der Waals surface area contributed by atoms with Crippen LogP contribution in [0.4, 0.5) is 14.9 Å². The van der Waals surface area contributed by atoms with Crippen LogP contribution in [0.3, 0.4) is 0 Å². The second-order valence-corrected chi connectivity index (χ2v) is 12.7. The summed E-state index contributed by atoms with van der Waals surface area (Å²) < 4.78 is 53.5. The molecule has 4 aromatic rings. The Morgan fingerprint density at radius 3 is 2.71 bits per heavy atom. The molecule has 13 heteroatoms. The van der Waals surface area contributed by atoms with E-state index in [1.165, 1.54) is 6.07 Å². The molecular formula is C32H31FN4O7S. The van der Waals surface area contributed by atoms with Crippen LogP contribution in [0.25, 0.3) is 11.1 Å². The highest BCUT2D eigenvalue weighted by Crippen LogP contribution is 2.57. The van der Waals surface area contributed by atoms with Crippen molar-refractivity contribution < 1.29 is 36.2 Å². The molecule has 3 aromatic carbocycles. The summed E-state index contributed by atoms with van der Waals surface area (Å²) in [5.41, 5.74) is 7.11. The average molecular weight is 635 g/mol. The maximum atomic E-state index is 13.8. The molecule has 1 aliphatic heterocycles. The monoisotopic (exact) mass is 634 g/mol. The number of hydrogen-bond donors (Lipinski definition) is 1. The van der Waals surface area contributed by atoms with E-state index >= 15 is 0 Å². The molecular weight excluding hydrogens is 603 g/mol. The number of nitrogens with one attached hydrogen (secondary N) is 1. The fourth-order valence-corrected chi connectivity index (χ4v) is 5.83. The van der Waals surface area contributed by atoms with E-state index in [0.717, 1.165) is 40.6 Å². The summed E-state index contributed by atoms with van der Waals surface area (Å²) in [4.78, 5) is 27.2. The summed E-state index contributed by atoms with van der Waals surface area (Å²) in [5.74, 6) is 0.0566. The van der Waals surface area contributed by atoms with Crippen LogP contribution in [0.2, 0.25) is 0 Å². The third kappa shape index (κ3) is 6.84. The molecule has 1 N–H and O–H groups in total. The summed E-state index contributed by atoms with van der Waals surface area (Å²) in [6, 6.07) is 17.2. The van der Waals surface area contributed by atoms with E-state index in [1.807, 2.05) is 35.9 Å². The lowest BCUT2D eigenvalue weighted by Gasteiger charge is -2.29. The number of aromatic nitrogens is 2. The standard InChI is InChI=1S/C32H31FN4O7S/c1-20-27(33)9-5-11-29(20)42-12-13-43-32(39)37-19-23-15-26(23)30-25(8-4-10-28(30)37)24-16-34-36(18-24)17-21-6-3-7-22(14-21)31(38)35-44-45(2,40)41/h3-11,14,16,18,23,26H,12-13,15,17,19H2,1-2H3,(H,35,38). The van der Waals surface area contributed by atoms with Crippen molar-refractivity contribution in [2.75, 3.05) is 30.9 Å². The number of carbonyl (C=O) groups is 2. The van der Waals surface area contributed by atoms with Crippen LogP contribution in [0.15, 0.2) is 73.1 Å². The molecule has 0 bridgehead atoms. The summed E-state index contributed by atoms with van der Waals surface area (Å²) >= 11 is 0. The number of halogens is 1. The second kappa shape index (κ2) is 12.3. The Morgan fingerprint density at radius 2 is 1.89 bits per heavy atom. The third-order valence-corrected chi connectivity index (χ3v) is 8.24. The molecule has 1 fully saturated rings. The number of hydroxylamine groups is 1. The maximum absolute atomic E-state index is 13.8. The Hall–Kier alpha value is -4.75. The van der Waals surface area contributed by atoms with E-state index < -0.39 is 22.1 Å². The zero-order chi connectivity index (χ0) is 31.7. The van der Waals surface area contributed by atoms with E-state index in [-0.39, 0.29) is 24.6 Å². The maximum Gasteiger partial charge on any atom is 0.414 e. The van der Waals surface area contributed by atoms with E-state index in [0.29, 0.717) is 36.2 Å². The van der Waals surface area contributed by atoms with Gasteiger partial charge in [0.15, 0.2) is 0 Å². The van der Waals surface area contributed by atoms with Crippen molar-refractivity contribution in [3.05, 3.63) is 101 Å². The van der Waals surface area contributed by atoms with Crippen LogP contribution in [0.1, 0.15) is 39.4 Å². The minimum Gasteiger partial charge on any atom is -0.490 e. The van der Waals surface area contributed by atoms with Crippen LogP contribution >= 0.6 is 0 Å². The van der Waals surface area contributed by atoms with E-state index in [2.05, 4.69) is 9.38 Å². The van der Waals surface area contributed by atoms with Gasteiger partial charge < -0.3 is 9.47 Å². The van der Waals surface area contributed by atoms with Crippen molar-refractivity contribution in [2.24, 2.45) is 5.92 Å². The van der Waals surface area contributed by atoms with E-state index in [4.69, 9.17) is 9.47 Å². The Morgan fingerprint density at radius 1 is 1.09 bits per heavy atom. The largest absolute Gasteiger partial charge is 0.490 e. The molecule has 1 saturated carbocycles. The number of amides is 2. The van der Waals surface area contributed by atoms with Crippen LogP contribution in [0, 0.1) is 18.7 Å². The van der Waals surface area contributed by atoms with Crippen LogP contribution in [0.5, 0.6) is 5.75 Å². The smallest absolute Gasteiger partial charge is 0.414 e. The van der Waals surface area contributed by atoms with Gasteiger partial charge in [-0.25, -0.2) is 14.7 Å². The van der Waals surface area contributed by atoms with Gasteiger partial charge >= 0.3 is 6.09 Å². The van der Waals surface area contributed by atoms with Crippen molar-refractivity contribution in [2.45, 2.75) is 25.8 Å². The number of hydrogen-bond acceptors (Lipinski definition) is 8. The molecule has 0 radical (unpaired) electrons. The third-order valence-electron chi connectivity index (χ3n) is 7.85. The first-order valence-electron chi connectivity index (χ1n) is 14.3. The van der Waals surface area contributed by atoms with Gasteiger partial charge in [-0.2, -0.15) is 13.5 Å². The molecule has 6 rings (SSSR count). The Bertz CT molecular complexity index is 1880. The number of benzene rings is 3. The van der Waals surface area contributed by atoms with Gasteiger partial charge in [0.25, 0.3) is 16.0 Å². The Kier molecular flexibility index (Phi) is 8.30. The van der Waals surface area contributed by atoms with Gasteiger partial charge in [-0.3, -0.25) is 14.4 Å². The zero-order valence-electron chi connectivity index (χ0n) is 24.6. The molecule has 234 valence electrons. The predicted octanol–water partition coefficient (Wildman–Crippen LogP) is 4.81. The normalized spacial score (nSPS) is 16.8. The first-order chi connectivity index (χ1) is 21.6. The van der Waals surface area contributed by atoms with Gasteiger partial charge in [0.05, 0.1) is 24.7 Å². The topological polar surface area (TPSA) is 129 Å². The van der Waals surface area contributed by atoms with Crippen LogP contribution in [-0.4, -0.2) is 56.2 Å². The van der Waals surface area contributed by atoms with E-state index in [1.54, 1.807) is 53.0 Å². The molecule has 0 spiro atoms.